The number of hydrogen-bond donors (Lipinski definition) is 0. The maximum Gasteiger partial charge on any atom is 0.228 e. The molecule has 130 valence electrons. The highest BCUT2D eigenvalue weighted by Gasteiger charge is 2.38. The molecular weight excluding hydrogens is 300 g/mol. The first-order valence-electron chi connectivity index (χ1n) is 9.12. The summed E-state index contributed by atoms with van der Waals surface area (Å²) in [7, 11) is 1.92. The van der Waals surface area contributed by atoms with E-state index in [0.717, 1.165) is 24.1 Å². The van der Waals surface area contributed by atoms with Crippen LogP contribution in [0.5, 0.6) is 0 Å². The molecule has 3 rings (SSSR count). The van der Waals surface area contributed by atoms with Crippen LogP contribution in [0.15, 0.2) is 18.2 Å². The molecule has 2 aliphatic rings. The first-order chi connectivity index (χ1) is 11.5. The number of rotatable bonds is 3. The Balaban J connectivity index is 1.72. The third-order valence-electron chi connectivity index (χ3n) is 5.81. The minimum absolute atomic E-state index is 0.0686. The average Bonchev–Trinajstić information content (AvgIpc) is 2.98. The van der Waals surface area contributed by atoms with Gasteiger partial charge in [-0.3, -0.25) is 9.59 Å². The lowest BCUT2D eigenvalue weighted by atomic mass is 9.93. The monoisotopic (exact) mass is 328 g/mol. The van der Waals surface area contributed by atoms with Crippen LogP contribution in [0.1, 0.15) is 49.7 Å². The molecule has 1 unspecified atom stereocenters. The molecule has 1 saturated carbocycles. The maximum atomic E-state index is 12.9. The van der Waals surface area contributed by atoms with E-state index >= 15 is 0 Å². The molecule has 0 aromatic heterocycles. The maximum absolute atomic E-state index is 12.9. The van der Waals surface area contributed by atoms with Crippen LogP contribution in [-0.2, 0) is 9.59 Å². The van der Waals surface area contributed by atoms with Gasteiger partial charge < -0.3 is 9.80 Å². The highest BCUT2D eigenvalue weighted by molar-refractivity contribution is 6.00. The van der Waals surface area contributed by atoms with Gasteiger partial charge in [0.05, 0.1) is 5.92 Å². The molecule has 24 heavy (non-hydrogen) atoms. The van der Waals surface area contributed by atoms with E-state index in [4.69, 9.17) is 0 Å². The van der Waals surface area contributed by atoms with Crippen molar-refractivity contribution < 1.29 is 9.59 Å². The zero-order valence-electron chi connectivity index (χ0n) is 15.0. The van der Waals surface area contributed by atoms with E-state index in [-0.39, 0.29) is 17.7 Å². The number of anilines is 1. The van der Waals surface area contributed by atoms with E-state index in [2.05, 4.69) is 13.0 Å². The van der Waals surface area contributed by atoms with Gasteiger partial charge >= 0.3 is 0 Å². The molecule has 0 radical (unpaired) electrons. The number of aryl methyl sites for hydroxylation is 1. The van der Waals surface area contributed by atoms with E-state index < -0.39 is 0 Å². The summed E-state index contributed by atoms with van der Waals surface area (Å²) in [5.41, 5.74) is 3.25. The summed E-state index contributed by atoms with van der Waals surface area (Å²) in [4.78, 5) is 29.1. The SMILES string of the molecule is Cc1cccc(N2CC(C(=O)N(C)C3CCCCC3)CC2=O)c1C. The topological polar surface area (TPSA) is 40.6 Å². The van der Waals surface area contributed by atoms with Crippen LogP contribution in [0.25, 0.3) is 0 Å². The van der Waals surface area contributed by atoms with Crippen LogP contribution < -0.4 is 4.90 Å². The van der Waals surface area contributed by atoms with Gasteiger partial charge in [0, 0.05) is 31.7 Å². The van der Waals surface area contributed by atoms with Crippen LogP contribution in [-0.4, -0.2) is 36.3 Å². The van der Waals surface area contributed by atoms with Gasteiger partial charge in [0.1, 0.15) is 0 Å². The van der Waals surface area contributed by atoms with Gasteiger partial charge in [0.25, 0.3) is 0 Å². The summed E-state index contributed by atoms with van der Waals surface area (Å²) in [6.45, 7) is 4.61. The average molecular weight is 328 g/mol. The zero-order chi connectivity index (χ0) is 17.3. The first-order valence-corrected chi connectivity index (χ1v) is 9.12. The predicted molar refractivity (Wildman–Crippen MR) is 96.0 cm³/mol. The molecular formula is C20H28N2O2. The Hall–Kier alpha value is -1.84. The summed E-state index contributed by atoms with van der Waals surface area (Å²) >= 11 is 0. The normalized spacial score (nSPS) is 22.0. The largest absolute Gasteiger partial charge is 0.342 e. The van der Waals surface area contributed by atoms with Crippen molar-refractivity contribution in [2.75, 3.05) is 18.5 Å². The van der Waals surface area contributed by atoms with E-state index in [9.17, 15) is 9.59 Å². The van der Waals surface area contributed by atoms with Gasteiger partial charge in [0.15, 0.2) is 0 Å². The third kappa shape index (κ3) is 3.19. The fourth-order valence-corrected chi connectivity index (χ4v) is 4.07. The van der Waals surface area contributed by atoms with Crippen molar-refractivity contribution in [2.24, 2.45) is 5.92 Å². The molecule has 2 fully saturated rings. The van der Waals surface area contributed by atoms with Crippen LogP contribution in [0.2, 0.25) is 0 Å². The second-order valence-corrected chi connectivity index (χ2v) is 7.37. The molecule has 2 amide bonds. The number of hydrogen-bond acceptors (Lipinski definition) is 2. The molecule has 0 spiro atoms. The molecule has 1 atom stereocenters. The molecule has 1 aliphatic heterocycles. The molecule has 4 heteroatoms. The zero-order valence-corrected chi connectivity index (χ0v) is 15.0. The van der Waals surface area contributed by atoms with Crippen LogP contribution in [0, 0.1) is 19.8 Å². The quantitative estimate of drug-likeness (QED) is 0.853. The fraction of sp³-hybridized carbons (Fsp3) is 0.600. The summed E-state index contributed by atoms with van der Waals surface area (Å²) < 4.78 is 0. The smallest absolute Gasteiger partial charge is 0.228 e. The second-order valence-electron chi connectivity index (χ2n) is 7.37. The Kier molecular flexibility index (Phi) is 4.93. The van der Waals surface area contributed by atoms with E-state index in [1.165, 1.54) is 24.8 Å². The summed E-state index contributed by atoms with van der Waals surface area (Å²) in [5.74, 6) is 0.00601. The van der Waals surface area contributed by atoms with Gasteiger partial charge in [-0.1, -0.05) is 31.4 Å². The van der Waals surface area contributed by atoms with E-state index in [1.54, 1.807) is 4.90 Å². The van der Waals surface area contributed by atoms with Crippen LogP contribution >= 0.6 is 0 Å². The van der Waals surface area contributed by atoms with Crippen molar-refractivity contribution in [1.82, 2.24) is 4.90 Å². The highest BCUT2D eigenvalue weighted by Crippen LogP contribution is 2.31. The molecule has 0 bridgehead atoms. The number of nitrogens with zero attached hydrogens (tertiary/aromatic N) is 2. The van der Waals surface area contributed by atoms with Gasteiger partial charge in [-0.25, -0.2) is 0 Å². The summed E-state index contributed by atoms with van der Waals surface area (Å²) in [6, 6.07) is 6.38. The van der Waals surface area contributed by atoms with E-state index in [1.807, 2.05) is 31.0 Å². The van der Waals surface area contributed by atoms with Crippen molar-refractivity contribution in [3.8, 4) is 0 Å². The number of amides is 2. The molecule has 1 aliphatic carbocycles. The van der Waals surface area contributed by atoms with Crippen molar-refractivity contribution in [1.29, 1.82) is 0 Å². The Morgan fingerprint density at radius 2 is 1.88 bits per heavy atom. The van der Waals surface area contributed by atoms with Gasteiger partial charge in [-0.05, 0) is 43.9 Å². The Bertz CT molecular complexity index is 635. The number of carbonyl (C=O) groups is 2. The highest BCUT2D eigenvalue weighted by atomic mass is 16.2. The molecule has 1 aromatic rings. The Morgan fingerprint density at radius 3 is 2.58 bits per heavy atom. The third-order valence-corrected chi connectivity index (χ3v) is 5.81. The molecule has 4 nitrogen and oxygen atoms in total. The van der Waals surface area contributed by atoms with Gasteiger partial charge in [0.2, 0.25) is 11.8 Å². The van der Waals surface area contributed by atoms with Gasteiger partial charge in [-0.15, -0.1) is 0 Å². The van der Waals surface area contributed by atoms with Crippen molar-refractivity contribution >= 4 is 17.5 Å². The number of carbonyl (C=O) groups excluding carboxylic acids is 2. The summed E-state index contributed by atoms with van der Waals surface area (Å²) in [6.07, 6.45) is 6.23. The minimum atomic E-state index is -0.204. The van der Waals surface area contributed by atoms with Gasteiger partial charge in [-0.2, -0.15) is 0 Å². The van der Waals surface area contributed by atoms with Crippen molar-refractivity contribution in [3.05, 3.63) is 29.3 Å². The lowest BCUT2D eigenvalue weighted by Crippen LogP contribution is -2.42. The molecule has 1 aromatic carbocycles. The second kappa shape index (κ2) is 6.96. The fourth-order valence-electron chi connectivity index (χ4n) is 4.07. The predicted octanol–water partition coefficient (Wildman–Crippen LogP) is 3.45. The number of benzene rings is 1. The van der Waals surface area contributed by atoms with E-state index in [0.29, 0.717) is 19.0 Å². The lowest BCUT2D eigenvalue weighted by Gasteiger charge is -2.32. The van der Waals surface area contributed by atoms with Crippen molar-refractivity contribution in [3.63, 3.8) is 0 Å². The molecule has 1 saturated heterocycles. The first kappa shape index (κ1) is 17.0. The molecule has 0 N–H and O–H groups in total. The minimum Gasteiger partial charge on any atom is -0.342 e. The van der Waals surface area contributed by atoms with Crippen LogP contribution in [0.4, 0.5) is 5.69 Å². The lowest BCUT2D eigenvalue weighted by molar-refractivity contribution is -0.137. The standard InChI is InChI=1S/C20H28N2O2/c1-14-8-7-11-18(15(14)2)22-13-16(12-19(22)23)20(24)21(3)17-9-5-4-6-10-17/h7-8,11,16-17H,4-6,9-10,12-13H2,1-3H3. The van der Waals surface area contributed by atoms with Crippen LogP contribution in [0.3, 0.4) is 0 Å². The summed E-state index contributed by atoms with van der Waals surface area (Å²) in [5, 5.41) is 0. The Labute approximate surface area is 144 Å². The molecule has 1 heterocycles. The van der Waals surface area contributed by atoms with Crippen molar-refractivity contribution in [2.45, 2.75) is 58.4 Å². The Morgan fingerprint density at radius 1 is 1.17 bits per heavy atom.